The zero-order valence-corrected chi connectivity index (χ0v) is 20.9. The van der Waals surface area contributed by atoms with Crippen molar-refractivity contribution in [3.05, 3.63) is 34.6 Å². The number of hydrogen-bond donors (Lipinski definition) is 3. The van der Waals surface area contributed by atoms with Gasteiger partial charge in [-0.3, -0.25) is 15.2 Å². The molecular weight excluding hydrogens is 457 g/mol. The number of carbonyl (C=O) groups is 1. The standard InChI is InChI=1S/C24H37ClFN7O/c1-30(2)5-6-31-7-9-32(10-8-31)23-18-12-17-15-33(14-16-3-4-20(26)19(25)11-16)24(34)27-21(17)13-22(18)28-29-23/h3-4,11,17-18,21-23,28-29H,5-10,12-15H2,1-2H3,(H,27,34). The number of halogens is 2. The number of piperazine rings is 1. The van der Waals surface area contributed by atoms with Gasteiger partial charge in [-0.05, 0) is 50.6 Å². The van der Waals surface area contributed by atoms with Gasteiger partial charge in [0.2, 0.25) is 0 Å². The first kappa shape index (κ1) is 24.2. The molecule has 1 aromatic carbocycles. The first-order valence-corrected chi connectivity index (χ1v) is 12.9. The predicted molar refractivity (Wildman–Crippen MR) is 131 cm³/mol. The second-order valence-corrected chi connectivity index (χ2v) is 11.0. The lowest BCUT2D eigenvalue weighted by molar-refractivity contribution is 0.0393. The maximum absolute atomic E-state index is 13.5. The van der Waals surface area contributed by atoms with Gasteiger partial charge in [0.15, 0.2) is 0 Å². The van der Waals surface area contributed by atoms with Gasteiger partial charge in [0.1, 0.15) is 5.82 Å². The molecule has 4 fully saturated rings. The van der Waals surface area contributed by atoms with Crippen molar-refractivity contribution >= 4 is 17.6 Å². The molecule has 3 saturated heterocycles. The molecule has 0 spiro atoms. The van der Waals surface area contributed by atoms with Crippen molar-refractivity contribution in [2.75, 3.05) is 59.9 Å². The number of hydrogen-bond acceptors (Lipinski definition) is 6. The van der Waals surface area contributed by atoms with E-state index in [0.717, 1.165) is 64.2 Å². The van der Waals surface area contributed by atoms with Crippen LogP contribution in [0, 0.1) is 17.7 Å². The third-order valence-corrected chi connectivity index (χ3v) is 8.35. The van der Waals surface area contributed by atoms with E-state index in [1.807, 2.05) is 4.90 Å². The summed E-state index contributed by atoms with van der Waals surface area (Å²) in [7, 11) is 4.26. The molecule has 3 aliphatic heterocycles. The lowest BCUT2D eigenvalue weighted by atomic mass is 9.73. The average Bonchev–Trinajstić information content (AvgIpc) is 3.22. The van der Waals surface area contributed by atoms with Gasteiger partial charge in [-0.2, -0.15) is 0 Å². The largest absolute Gasteiger partial charge is 0.335 e. The van der Waals surface area contributed by atoms with Crippen LogP contribution < -0.4 is 16.2 Å². The number of urea groups is 1. The van der Waals surface area contributed by atoms with Crippen molar-refractivity contribution in [2.24, 2.45) is 11.8 Å². The Morgan fingerprint density at radius 2 is 1.91 bits per heavy atom. The number of nitrogens with one attached hydrogen (secondary N) is 3. The van der Waals surface area contributed by atoms with Crippen molar-refractivity contribution < 1.29 is 9.18 Å². The van der Waals surface area contributed by atoms with E-state index in [0.29, 0.717) is 30.6 Å². The molecule has 4 aliphatic rings. The van der Waals surface area contributed by atoms with Crippen LogP contribution in [0.5, 0.6) is 0 Å². The molecule has 8 nitrogen and oxygen atoms in total. The van der Waals surface area contributed by atoms with Gasteiger partial charge in [0.25, 0.3) is 0 Å². The third-order valence-electron chi connectivity index (χ3n) is 8.06. The number of fused-ring (bicyclic) bond motifs is 2. The fraction of sp³-hybridized carbons (Fsp3) is 0.708. The molecule has 1 saturated carbocycles. The molecule has 0 aromatic heterocycles. The molecule has 5 atom stereocenters. The molecule has 10 heteroatoms. The van der Waals surface area contributed by atoms with E-state index in [2.05, 4.69) is 45.0 Å². The molecule has 34 heavy (non-hydrogen) atoms. The normalized spacial score (nSPS) is 32.6. The highest BCUT2D eigenvalue weighted by Crippen LogP contribution is 2.38. The Balaban J connectivity index is 1.18. The van der Waals surface area contributed by atoms with Crippen LogP contribution >= 0.6 is 11.6 Å². The predicted octanol–water partition coefficient (Wildman–Crippen LogP) is 1.38. The second-order valence-electron chi connectivity index (χ2n) is 10.6. The highest BCUT2D eigenvalue weighted by molar-refractivity contribution is 6.30. The number of carbonyl (C=O) groups excluding carboxylic acids is 1. The van der Waals surface area contributed by atoms with Gasteiger partial charge >= 0.3 is 6.03 Å². The van der Waals surface area contributed by atoms with Crippen molar-refractivity contribution in [1.82, 2.24) is 35.8 Å². The second kappa shape index (κ2) is 10.2. The number of benzene rings is 1. The molecule has 1 aliphatic carbocycles. The summed E-state index contributed by atoms with van der Waals surface area (Å²) >= 11 is 5.95. The van der Waals surface area contributed by atoms with Gasteiger partial charge < -0.3 is 15.1 Å². The van der Waals surface area contributed by atoms with Crippen LogP contribution in [0.3, 0.4) is 0 Å². The average molecular weight is 494 g/mol. The van der Waals surface area contributed by atoms with E-state index in [-0.39, 0.29) is 17.1 Å². The fourth-order valence-electron chi connectivity index (χ4n) is 6.09. The smallest absolute Gasteiger partial charge is 0.317 e. The number of amides is 2. The molecule has 0 bridgehead atoms. The zero-order chi connectivity index (χ0) is 23.8. The first-order chi connectivity index (χ1) is 16.4. The van der Waals surface area contributed by atoms with Crippen molar-refractivity contribution in [3.8, 4) is 0 Å². The summed E-state index contributed by atoms with van der Waals surface area (Å²) in [6, 6.07) is 5.21. The summed E-state index contributed by atoms with van der Waals surface area (Å²) in [6.45, 7) is 7.78. The number of likely N-dealkylation sites (N-methyl/N-ethyl adjacent to an activating group) is 1. The van der Waals surface area contributed by atoms with E-state index in [1.165, 1.54) is 6.07 Å². The SMILES string of the molecule is CN(C)CCN1CCN(C2NNC3CC4NC(=O)N(Cc5ccc(F)c(Cl)c5)CC4CC32)CC1. The first-order valence-electron chi connectivity index (χ1n) is 12.5. The maximum Gasteiger partial charge on any atom is 0.317 e. The van der Waals surface area contributed by atoms with Crippen molar-refractivity contribution in [3.63, 3.8) is 0 Å². The minimum atomic E-state index is -0.433. The molecule has 1 aromatic rings. The molecule has 5 rings (SSSR count). The minimum absolute atomic E-state index is 0.0449. The molecule has 0 radical (unpaired) electrons. The van der Waals surface area contributed by atoms with Gasteiger partial charge in [-0.15, -0.1) is 0 Å². The summed E-state index contributed by atoms with van der Waals surface area (Å²) in [5.74, 6) is 0.491. The topological polar surface area (TPSA) is 66.1 Å². The van der Waals surface area contributed by atoms with E-state index in [4.69, 9.17) is 11.6 Å². The lowest BCUT2D eigenvalue weighted by Gasteiger charge is -2.47. The molecular formula is C24H37ClFN7O. The Bertz CT molecular complexity index is 881. The minimum Gasteiger partial charge on any atom is -0.335 e. The van der Waals surface area contributed by atoms with Crippen LogP contribution in [0.4, 0.5) is 9.18 Å². The van der Waals surface area contributed by atoms with Crippen LogP contribution in [0.2, 0.25) is 5.02 Å². The Morgan fingerprint density at radius 3 is 2.65 bits per heavy atom. The molecule has 2 amide bonds. The van der Waals surface area contributed by atoms with Gasteiger partial charge in [0, 0.05) is 70.4 Å². The van der Waals surface area contributed by atoms with Crippen LogP contribution in [0.15, 0.2) is 18.2 Å². The van der Waals surface area contributed by atoms with Gasteiger partial charge in [0.05, 0.1) is 11.2 Å². The number of rotatable bonds is 6. The highest BCUT2D eigenvalue weighted by atomic mass is 35.5. The lowest BCUT2D eigenvalue weighted by Crippen LogP contribution is -2.61. The summed E-state index contributed by atoms with van der Waals surface area (Å²) in [5, 5.41) is 3.34. The maximum atomic E-state index is 13.5. The third kappa shape index (κ3) is 5.20. The fourth-order valence-corrected chi connectivity index (χ4v) is 6.29. The van der Waals surface area contributed by atoms with E-state index in [9.17, 15) is 9.18 Å². The summed E-state index contributed by atoms with van der Waals surface area (Å²) in [5.41, 5.74) is 7.98. The monoisotopic (exact) mass is 493 g/mol. The Hall–Kier alpha value is -1.49. The molecule has 5 unspecified atom stereocenters. The van der Waals surface area contributed by atoms with Crippen LogP contribution in [0.25, 0.3) is 0 Å². The zero-order valence-electron chi connectivity index (χ0n) is 20.1. The quantitative estimate of drug-likeness (QED) is 0.556. The molecule has 188 valence electrons. The molecule has 3 N–H and O–H groups in total. The number of hydrazine groups is 1. The van der Waals surface area contributed by atoms with E-state index >= 15 is 0 Å². The Morgan fingerprint density at radius 1 is 1.12 bits per heavy atom. The van der Waals surface area contributed by atoms with Crippen LogP contribution in [0.1, 0.15) is 18.4 Å². The van der Waals surface area contributed by atoms with Crippen LogP contribution in [-0.4, -0.2) is 104 Å². The van der Waals surface area contributed by atoms with Gasteiger partial charge in [-0.1, -0.05) is 17.7 Å². The van der Waals surface area contributed by atoms with Crippen molar-refractivity contribution in [1.29, 1.82) is 0 Å². The van der Waals surface area contributed by atoms with Crippen molar-refractivity contribution in [2.45, 2.75) is 37.6 Å². The Labute approximate surface area is 206 Å². The Kier molecular flexibility index (Phi) is 7.30. The summed E-state index contributed by atoms with van der Waals surface area (Å²) < 4.78 is 13.5. The molecule has 3 heterocycles. The summed E-state index contributed by atoms with van der Waals surface area (Å²) in [4.78, 5) is 22.0. The summed E-state index contributed by atoms with van der Waals surface area (Å²) in [6.07, 6.45) is 2.36. The van der Waals surface area contributed by atoms with Crippen LogP contribution in [-0.2, 0) is 6.54 Å². The number of nitrogens with zero attached hydrogens (tertiary/aromatic N) is 4. The van der Waals surface area contributed by atoms with Gasteiger partial charge in [-0.25, -0.2) is 14.6 Å². The van der Waals surface area contributed by atoms with E-state index < -0.39 is 5.82 Å². The highest BCUT2D eigenvalue weighted by Gasteiger charge is 2.49. The van der Waals surface area contributed by atoms with E-state index in [1.54, 1.807) is 12.1 Å².